The number of aryl methyl sites for hydroxylation is 1. The van der Waals surface area contributed by atoms with Crippen molar-refractivity contribution in [2.24, 2.45) is 5.73 Å². The average molecular weight is 283 g/mol. The lowest BCUT2D eigenvalue weighted by atomic mass is 10.3. The minimum Gasteiger partial charge on any atom is -0.355 e. The van der Waals surface area contributed by atoms with Crippen molar-refractivity contribution in [2.45, 2.75) is 25.9 Å². The molecule has 0 saturated heterocycles. The lowest BCUT2D eigenvalue weighted by molar-refractivity contribution is -0.121. The van der Waals surface area contributed by atoms with Gasteiger partial charge in [0.15, 0.2) is 0 Å². The van der Waals surface area contributed by atoms with E-state index in [1.807, 2.05) is 30.6 Å². The Kier molecular flexibility index (Phi) is 5.79. The van der Waals surface area contributed by atoms with Crippen LogP contribution >= 0.6 is 12.4 Å². The first-order valence-electron chi connectivity index (χ1n) is 6.11. The molecule has 1 aromatic carbocycles. The first kappa shape index (κ1) is 15.5. The van der Waals surface area contributed by atoms with Crippen LogP contribution in [0.1, 0.15) is 13.3 Å². The van der Waals surface area contributed by atoms with Gasteiger partial charge in [-0.25, -0.2) is 4.98 Å². The zero-order chi connectivity index (χ0) is 13.0. The van der Waals surface area contributed by atoms with Crippen LogP contribution in [0.5, 0.6) is 0 Å². The number of hydrogen-bond donors (Lipinski definition) is 2. The molecule has 6 heteroatoms. The van der Waals surface area contributed by atoms with Crippen molar-refractivity contribution >= 4 is 29.3 Å². The van der Waals surface area contributed by atoms with Gasteiger partial charge in [0.25, 0.3) is 0 Å². The second-order valence-corrected chi connectivity index (χ2v) is 4.36. The molecule has 0 aliphatic heterocycles. The summed E-state index contributed by atoms with van der Waals surface area (Å²) in [5.74, 6) is -0.106. The molecular weight excluding hydrogens is 264 g/mol. The number of amides is 1. The number of rotatable bonds is 5. The van der Waals surface area contributed by atoms with E-state index in [9.17, 15) is 4.79 Å². The summed E-state index contributed by atoms with van der Waals surface area (Å²) in [4.78, 5) is 15.6. The molecule has 1 heterocycles. The van der Waals surface area contributed by atoms with Crippen LogP contribution in [0.15, 0.2) is 30.6 Å². The largest absolute Gasteiger partial charge is 0.355 e. The Morgan fingerprint density at radius 3 is 2.95 bits per heavy atom. The number of para-hydroxylation sites is 2. The highest BCUT2D eigenvalue weighted by Crippen LogP contribution is 2.11. The van der Waals surface area contributed by atoms with Gasteiger partial charge in [0, 0.05) is 13.1 Å². The molecule has 0 aliphatic rings. The first-order valence-corrected chi connectivity index (χ1v) is 6.11. The van der Waals surface area contributed by atoms with E-state index in [0.29, 0.717) is 6.54 Å². The molecule has 1 atom stereocenters. The highest BCUT2D eigenvalue weighted by Gasteiger charge is 2.05. The average Bonchev–Trinajstić information content (AvgIpc) is 2.77. The van der Waals surface area contributed by atoms with Crippen molar-refractivity contribution in [3.8, 4) is 0 Å². The quantitative estimate of drug-likeness (QED) is 0.812. The van der Waals surface area contributed by atoms with Gasteiger partial charge < -0.3 is 15.6 Å². The summed E-state index contributed by atoms with van der Waals surface area (Å²) in [6.45, 7) is 3.14. The Balaban J connectivity index is 0.00000180. The van der Waals surface area contributed by atoms with E-state index < -0.39 is 6.04 Å². The van der Waals surface area contributed by atoms with Gasteiger partial charge in [-0.3, -0.25) is 4.79 Å². The topological polar surface area (TPSA) is 72.9 Å². The summed E-state index contributed by atoms with van der Waals surface area (Å²) in [7, 11) is 0. The summed E-state index contributed by atoms with van der Waals surface area (Å²) in [6.07, 6.45) is 2.69. The third kappa shape index (κ3) is 3.94. The molecule has 1 amide bonds. The van der Waals surface area contributed by atoms with E-state index in [2.05, 4.69) is 14.9 Å². The molecular formula is C13H19ClN4O. The third-order valence-electron chi connectivity index (χ3n) is 2.82. The summed E-state index contributed by atoms with van der Waals surface area (Å²) in [5.41, 5.74) is 7.58. The summed E-state index contributed by atoms with van der Waals surface area (Å²) < 4.78 is 2.09. The summed E-state index contributed by atoms with van der Waals surface area (Å²) in [5, 5.41) is 2.79. The van der Waals surface area contributed by atoms with Gasteiger partial charge in [-0.2, -0.15) is 0 Å². The van der Waals surface area contributed by atoms with Crippen molar-refractivity contribution in [3.05, 3.63) is 30.6 Å². The maximum Gasteiger partial charge on any atom is 0.236 e. The Hall–Kier alpha value is -1.59. The highest BCUT2D eigenvalue weighted by atomic mass is 35.5. The molecule has 0 radical (unpaired) electrons. The van der Waals surface area contributed by atoms with E-state index in [4.69, 9.17) is 5.73 Å². The molecule has 0 fully saturated rings. The highest BCUT2D eigenvalue weighted by molar-refractivity contribution is 5.85. The Morgan fingerprint density at radius 2 is 2.21 bits per heavy atom. The predicted octanol–water partition coefficient (Wildman–Crippen LogP) is 1.31. The maximum atomic E-state index is 11.3. The van der Waals surface area contributed by atoms with E-state index in [0.717, 1.165) is 24.0 Å². The van der Waals surface area contributed by atoms with Crippen LogP contribution in [0, 0.1) is 0 Å². The predicted molar refractivity (Wildman–Crippen MR) is 78.3 cm³/mol. The van der Waals surface area contributed by atoms with Crippen LogP contribution in [0.2, 0.25) is 0 Å². The SMILES string of the molecule is CC(N)C(=O)NCCCn1cnc2ccccc21.Cl. The second kappa shape index (κ2) is 7.11. The number of nitrogens with two attached hydrogens (primary N) is 1. The van der Waals surface area contributed by atoms with E-state index in [-0.39, 0.29) is 18.3 Å². The maximum absolute atomic E-state index is 11.3. The molecule has 2 aromatic rings. The van der Waals surface area contributed by atoms with Crippen molar-refractivity contribution in [2.75, 3.05) is 6.54 Å². The molecule has 1 aromatic heterocycles. The smallest absolute Gasteiger partial charge is 0.236 e. The zero-order valence-electron chi connectivity index (χ0n) is 10.9. The van der Waals surface area contributed by atoms with Crippen LogP contribution in [-0.2, 0) is 11.3 Å². The lowest BCUT2D eigenvalue weighted by Crippen LogP contribution is -2.38. The molecule has 0 aliphatic carbocycles. The number of imidazole rings is 1. The Labute approximate surface area is 118 Å². The molecule has 1 unspecified atom stereocenters. The van der Waals surface area contributed by atoms with E-state index in [1.54, 1.807) is 6.92 Å². The van der Waals surface area contributed by atoms with Gasteiger partial charge >= 0.3 is 0 Å². The van der Waals surface area contributed by atoms with Gasteiger partial charge in [-0.1, -0.05) is 12.1 Å². The van der Waals surface area contributed by atoms with Crippen LogP contribution < -0.4 is 11.1 Å². The van der Waals surface area contributed by atoms with Crippen LogP contribution in [0.4, 0.5) is 0 Å². The molecule has 5 nitrogen and oxygen atoms in total. The van der Waals surface area contributed by atoms with Crippen molar-refractivity contribution in [3.63, 3.8) is 0 Å². The molecule has 0 bridgehead atoms. The number of fused-ring (bicyclic) bond motifs is 1. The van der Waals surface area contributed by atoms with Crippen LogP contribution in [0.3, 0.4) is 0 Å². The van der Waals surface area contributed by atoms with Gasteiger partial charge in [-0.05, 0) is 25.5 Å². The number of carbonyl (C=O) groups excluding carboxylic acids is 1. The van der Waals surface area contributed by atoms with Crippen molar-refractivity contribution in [1.29, 1.82) is 0 Å². The number of halogens is 1. The number of benzene rings is 1. The number of nitrogens with zero attached hydrogens (tertiary/aromatic N) is 2. The number of carbonyl (C=O) groups is 1. The molecule has 3 N–H and O–H groups in total. The number of hydrogen-bond acceptors (Lipinski definition) is 3. The molecule has 104 valence electrons. The fraction of sp³-hybridized carbons (Fsp3) is 0.385. The van der Waals surface area contributed by atoms with E-state index in [1.165, 1.54) is 0 Å². The minimum atomic E-state index is -0.445. The standard InChI is InChI=1S/C13H18N4O.ClH/c1-10(14)13(18)15-7-4-8-17-9-16-11-5-2-3-6-12(11)17;/h2-3,5-6,9-10H,4,7-8,14H2,1H3,(H,15,18);1H. The fourth-order valence-corrected chi connectivity index (χ4v) is 1.81. The normalized spacial score (nSPS) is 11.9. The molecule has 0 spiro atoms. The van der Waals surface area contributed by atoms with Gasteiger partial charge in [0.1, 0.15) is 0 Å². The van der Waals surface area contributed by atoms with Crippen molar-refractivity contribution < 1.29 is 4.79 Å². The third-order valence-corrected chi connectivity index (χ3v) is 2.82. The molecule has 2 rings (SSSR count). The molecule has 19 heavy (non-hydrogen) atoms. The number of aromatic nitrogens is 2. The molecule has 0 saturated carbocycles. The fourth-order valence-electron chi connectivity index (χ4n) is 1.81. The zero-order valence-corrected chi connectivity index (χ0v) is 11.7. The second-order valence-electron chi connectivity index (χ2n) is 4.36. The van der Waals surface area contributed by atoms with Gasteiger partial charge in [-0.15, -0.1) is 12.4 Å². The van der Waals surface area contributed by atoms with Crippen molar-refractivity contribution in [1.82, 2.24) is 14.9 Å². The number of nitrogens with one attached hydrogen (secondary N) is 1. The van der Waals surface area contributed by atoms with E-state index >= 15 is 0 Å². The van der Waals surface area contributed by atoms with Gasteiger partial charge in [0.2, 0.25) is 5.91 Å². The summed E-state index contributed by atoms with van der Waals surface area (Å²) >= 11 is 0. The summed E-state index contributed by atoms with van der Waals surface area (Å²) in [6, 6.07) is 7.56. The Morgan fingerprint density at radius 1 is 1.47 bits per heavy atom. The van der Waals surface area contributed by atoms with Crippen LogP contribution in [-0.4, -0.2) is 28.0 Å². The minimum absolute atomic E-state index is 0. The monoisotopic (exact) mass is 282 g/mol. The Bertz CT molecular complexity index is 538. The van der Waals surface area contributed by atoms with Crippen LogP contribution in [0.25, 0.3) is 11.0 Å². The lowest BCUT2D eigenvalue weighted by Gasteiger charge is -2.08. The first-order chi connectivity index (χ1) is 8.68. The van der Waals surface area contributed by atoms with Gasteiger partial charge in [0.05, 0.1) is 23.4 Å².